The summed E-state index contributed by atoms with van der Waals surface area (Å²) < 4.78 is 0. The van der Waals surface area contributed by atoms with E-state index in [1.54, 1.807) is 0 Å². The Morgan fingerprint density at radius 2 is 0.745 bits per heavy atom. The molecule has 0 bridgehead atoms. The van der Waals surface area contributed by atoms with E-state index in [2.05, 4.69) is 205 Å². The third-order valence-corrected chi connectivity index (χ3v) is 8.83. The van der Waals surface area contributed by atoms with Crippen LogP contribution < -0.4 is 4.90 Å². The summed E-state index contributed by atoms with van der Waals surface area (Å²) in [7, 11) is 0. The summed E-state index contributed by atoms with van der Waals surface area (Å²) >= 11 is 0. The molecule has 1 nitrogen and oxygen atoms in total. The first-order chi connectivity index (χ1) is 23.3. The molecule has 1 heteroatoms. The molecule has 0 aliphatic heterocycles. The molecule has 0 unspecified atom stereocenters. The van der Waals surface area contributed by atoms with Gasteiger partial charge in [0.05, 0.1) is 0 Å². The van der Waals surface area contributed by atoms with Gasteiger partial charge in [0, 0.05) is 17.1 Å². The maximum absolute atomic E-state index is 2.36. The molecule has 0 radical (unpaired) electrons. The van der Waals surface area contributed by atoms with Crippen molar-refractivity contribution in [2.75, 3.05) is 4.90 Å². The van der Waals surface area contributed by atoms with Crippen LogP contribution in [0.15, 0.2) is 200 Å². The fraction of sp³-hybridized carbons (Fsp3) is 0. The Hall–Kier alpha value is -6.18. The van der Waals surface area contributed by atoms with Crippen molar-refractivity contribution in [3.05, 3.63) is 200 Å². The van der Waals surface area contributed by atoms with Crippen LogP contribution in [0.1, 0.15) is 0 Å². The van der Waals surface area contributed by atoms with E-state index < -0.39 is 0 Å². The summed E-state index contributed by atoms with van der Waals surface area (Å²) in [6.07, 6.45) is 0. The van der Waals surface area contributed by atoms with E-state index in [0.29, 0.717) is 0 Å². The zero-order valence-electron chi connectivity index (χ0n) is 26.0. The van der Waals surface area contributed by atoms with Crippen LogP contribution in [0.2, 0.25) is 0 Å². The minimum absolute atomic E-state index is 1.11. The molecule has 0 saturated heterocycles. The molecule has 8 aromatic carbocycles. The van der Waals surface area contributed by atoms with Crippen molar-refractivity contribution in [1.29, 1.82) is 0 Å². The molecule has 0 amide bonds. The molecule has 0 saturated carbocycles. The number of hydrogen-bond acceptors (Lipinski definition) is 1. The summed E-state index contributed by atoms with van der Waals surface area (Å²) in [6.45, 7) is 0. The molecule has 0 N–H and O–H groups in total. The van der Waals surface area contributed by atoms with Gasteiger partial charge in [0.25, 0.3) is 0 Å². The molecule has 0 spiro atoms. The first-order valence-corrected chi connectivity index (χ1v) is 16.1. The van der Waals surface area contributed by atoms with Crippen LogP contribution in [0.3, 0.4) is 0 Å². The molecule has 0 atom stereocenters. The minimum Gasteiger partial charge on any atom is -0.310 e. The number of fused-ring (bicyclic) bond motifs is 1. The van der Waals surface area contributed by atoms with E-state index in [4.69, 9.17) is 0 Å². The Bertz CT molecular complexity index is 2200. The molecule has 0 heterocycles. The Kier molecular flexibility index (Phi) is 7.63. The normalized spacial score (nSPS) is 11.0. The van der Waals surface area contributed by atoms with Gasteiger partial charge in [0.1, 0.15) is 0 Å². The Labute approximate surface area is 276 Å². The maximum Gasteiger partial charge on any atom is 0.0473 e. The summed E-state index contributed by atoms with van der Waals surface area (Å²) in [5.74, 6) is 0. The lowest BCUT2D eigenvalue weighted by Crippen LogP contribution is -2.10. The van der Waals surface area contributed by atoms with Crippen molar-refractivity contribution < 1.29 is 0 Å². The predicted octanol–water partition coefficient (Wildman–Crippen LogP) is 13.0. The molecule has 0 aliphatic rings. The molecular formula is C46H33N. The average molecular weight is 600 g/mol. The summed E-state index contributed by atoms with van der Waals surface area (Å²) in [5.41, 5.74) is 13.0. The standard InChI is InChI=1S/C46H33N/c1-5-14-34(15-6-1)40-30-41(35-16-7-2-8-17-35)32-44(31-40)47(42-21-11-4-12-22-42)43-28-26-36(27-29-43)39-25-24-38-20-13-23-45(46(38)33-39)37-18-9-3-10-19-37/h1-33H. The lowest BCUT2D eigenvalue weighted by Gasteiger charge is -2.27. The zero-order valence-corrected chi connectivity index (χ0v) is 26.0. The van der Waals surface area contributed by atoms with Crippen molar-refractivity contribution in [2.24, 2.45) is 0 Å². The fourth-order valence-electron chi connectivity index (χ4n) is 6.48. The quantitative estimate of drug-likeness (QED) is 0.176. The first-order valence-electron chi connectivity index (χ1n) is 16.1. The van der Waals surface area contributed by atoms with E-state index in [1.807, 2.05) is 0 Å². The van der Waals surface area contributed by atoms with Gasteiger partial charge < -0.3 is 4.90 Å². The third-order valence-electron chi connectivity index (χ3n) is 8.83. The van der Waals surface area contributed by atoms with Crippen LogP contribution in [-0.2, 0) is 0 Å². The maximum atomic E-state index is 2.36. The highest BCUT2D eigenvalue weighted by atomic mass is 15.1. The molecular weight excluding hydrogens is 567 g/mol. The van der Waals surface area contributed by atoms with Crippen LogP contribution in [0.5, 0.6) is 0 Å². The number of rotatable bonds is 7. The van der Waals surface area contributed by atoms with E-state index >= 15 is 0 Å². The highest BCUT2D eigenvalue weighted by Crippen LogP contribution is 2.40. The second kappa shape index (κ2) is 12.7. The first kappa shape index (κ1) is 28.3. The van der Waals surface area contributed by atoms with Gasteiger partial charge in [0.15, 0.2) is 0 Å². The molecule has 8 aromatic rings. The Balaban J connectivity index is 1.23. The molecule has 222 valence electrons. The van der Waals surface area contributed by atoms with Crippen molar-refractivity contribution in [1.82, 2.24) is 0 Å². The summed E-state index contributed by atoms with van der Waals surface area (Å²) in [5, 5.41) is 2.51. The van der Waals surface area contributed by atoms with Crippen molar-refractivity contribution in [3.8, 4) is 44.5 Å². The molecule has 0 fully saturated rings. The van der Waals surface area contributed by atoms with Crippen LogP contribution in [0.25, 0.3) is 55.3 Å². The summed E-state index contributed by atoms with van der Waals surface area (Å²) in [4.78, 5) is 2.36. The monoisotopic (exact) mass is 599 g/mol. The molecule has 0 aromatic heterocycles. The van der Waals surface area contributed by atoms with E-state index in [-0.39, 0.29) is 0 Å². The van der Waals surface area contributed by atoms with Gasteiger partial charge in [-0.2, -0.15) is 0 Å². The second-order valence-electron chi connectivity index (χ2n) is 11.8. The van der Waals surface area contributed by atoms with E-state index in [0.717, 1.165) is 17.1 Å². The Morgan fingerprint density at radius 3 is 1.34 bits per heavy atom. The highest BCUT2D eigenvalue weighted by Gasteiger charge is 2.16. The highest BCUT2D eigenvalue weighted by molar-refractivity contribution is 5.99. The van der Waals surface area contributed by atoms with Crippen LogP contribution in [0.4, 0.5) is 17.1 Å². The third kappa shape index (κ3) is 5.83. The lowest BCUT2D eigenvalue weighted by molar-refractivity contribution is 1.28. The number of benzene rings is 8. The second-order valence-corrected chi connectivity index (χ2v) is 11.8. The van der Waals surface area contributed by atoms with Gasteiger partial charge in [-0.3, -0.25) is 0 Å². The SMILES string of the molecule is c1ccc(-c2cc(-c3ccccc3)cc(N(c3ccccc3)c3ccc(-c4ccc5cccc(-c6ccccc6)c5c4)cc3)c2)cc1. The van der Waals surface area contributed by atoms with Gasteiger partial charge in [-0.15, -0.1) is 0 Å². The van der Waals surface area contributed by atoms with Gasteiger partial charge in [0.2, 0.25) is 0 Å². The van der Waals surface area contributed by atoms with Gasteiger partial charge in [-0.25, -0.2) is 0 Å². The van der Waals surface area contributed by atoms with E-state index in [9.17, 15) is 0 Å². The molecule has 47 heavy (non-hydrogen) atoms. The molecule has 8 rings (SSSR count). The van der Waals surface area contributed by atoms with Crippen LogP contribution in [-0.4, -0.2) is 0 Å². The zero-order chi connectivity index (χ0) is 31.4. The van der Waals surface area contributed by atoms with Gasteiger partial charge in [-0.1, -0.05) is 152 Å². The van der Waals surface area contributed by atoms with Crippen LogP contribution in [0, 0.1) is 0 Å². The largest absolute Gasteiger partial charge is 0.310 e. The van der Waals surface area contributed by atoms with Crippen molar-refractivity contribution >= 4 is 27.8 Å². The van der Waals surface area contributed by atoms with Gasteiger partial charge >= 0.3 is 0 Å². The molecule has 0 aliphatic carbocycles. The minimum atomic E-state index is 1.11. The van der Waals surface area contributed by atoms with Gasteiger partial charge in [-0.05, 0) is 104 Å². The van der Waals surface area contributed by atoms with Crippen molar-refractivity contribution in [2.45, 2.75) is 0 Å². The Morgan fingerprint density at radius 1 is 0.255 bits per heavy atom. The number of nitrogens with zero attached hydrogens (tertiary/aromatic N) is 1. The topological polar surface area (TPSA) is 3.24 Å². The average Bonchev–Trinajstić information content (AvgIpc) is 3.16. The van der Waals surface area contributed by atoms with E-state index in [1.165, 1.54) is 55.3 Å². The van der Waals surface area contributed by atoms with Crippen LogP contribution >= 0.6 is 0 Å². The number of hydrogen-bond donors (Lipinski definition) is 0. The number of anilines is 3. The summed E-state index contributed by atoms with van der Waals surface area (Å²) in [6, 6.07) is 71.8. The predicted molar refractivity (Wildman–Crippen MR) is 200 cm³/mol. The number of para-hydroxylation sites is 1. The van der Waals surface area contributed by atoms with Crippen molar-refractivity contribution in [3.63, 3.8) is 0 Å². The lowest BCUT2D eigenvalue weighted by atomic mass is 9.94. The fourth-order valence-corrected chi connectivity index (χ4v) is 6.48. The smallest absolute Gasteiger partial charge is 0.0473 e.